The zero-order valence-electron chi connectivity index (χ0n) is 65.5. The van der Waals surface area contributed by atoms with Crippen LogP contribution in [0.5, 0.6) is 0 Å². The van der Waals surface area contributed by atoms with Gasteiger partial charge in [0.05, 0.1) is 62.3 Å². The number of halogens is 3. The number of rotatable bonds is 16. The van der Waals surface area contributed by atoms with Gasteiger partial charge in [-0.3, -0.25) is 0 Å². The second kappa shape index (κ2) is 31.2. The van der Waals surface area contributed by atoms with Crippen LogP contribution < -0.4 is 0 Å². The lowest BCUT2D eigenvalue weighted by molar-refractivity contribution is -0.137. The van der Waals surface area contributed by atoms with E-state index in [9.17, 15) is 23.7 Å². The number of benzene rings is 15. The third kappa shape index (κ3) is 14.0. The predicted molar refractivity (Wildman–Crippen MR) is 479 cm³/mol. The lowest BCUT2D eigenvalue weighted by atomic mass is 9.92. The maximum Gasteiger partial charge on any atom is 0.416 e. The van der Waals surface area contributed by atoms with Gasteiger partial charge in [-0.25, -0.2) is 59.8 Å². The van der Waals surface area contributed by atoms with Crippen molar-refractivity contribution in [1.29, 1.82) is 10.5 Å². The Kier molecular flexibility index (Phi) is 18.7. The first-order valence-electron chi connectivity index (χ1n) is 39.9. The molecule has 0 atom stereocenters. The van der Waals surface area contributed by atoms with E-state index in [-0.39, 0.29) is 11.1 Å². The topological polar surface area (TPSA) is 212 Å². The van der Waals surface area contributed by atoms with Gasteiger partial charge in [0.25, 0.3) is 0 Å². The van der Waals surface area contributed by atoms with Crippen molar-refractivity contribution in [3.63, 3.8) is 0 Å². The molecule has 0 aliphatic heterocycles. The highest BCUT2D eigenvalue weighted by molar-refractivity contribution is 6.14. The maximum atomic E-state index is 14.8. The van der Waals surface area contributed by atoms with E-state index in [0.29, 0.717) is 137 Å². The molecule has 0 amide bonds. The highest BCUT2D eigenvalue weighted by Gasteiger charge is 2.32. The van der Waals surface area contributed by atoms with E-state index >= 15 is 0 Å². The molecule has 582 valence electrons. The van der Waals surface area contributed by atoms with Crippen LogP contribution >= 0.6 is 0 Å². The summed E-state index contributed by atoms with van der Waals surface area (Å²) in [4.78, 5) is 62.0. The normalized spacial score (nSPS) is 11.5. The van der Waals surface area contributed by atoms with E-state index in [1.807, 2.05) is 322 Å². The molecule has 0 unspecified atom stereocenters. The number of nitriles is 2. The molecule has 0 aliphatic carbocycles. The molecule has 6 heterocycles. The molecule has 0 saturated heterocycles. The summed E-state index contributed by atoms with van der Waals surface area (Å²) < 4.78 is 48.8. The van der Waals surface area contributed by atoms with Gasteiger partial charge in [-0.15, -0.1) is 0 Å². The summed E-state index contributed by atoms with van der Waals surface area (Å²) >= 11 is 0. The second-order valence-corrected chi connectivity index (χ2v) is 29.7. The Labute approximate surface area is 707 Å². The molecule has 0 bridgehead atoms. The fourth-order valence-electron chi connectivity index (χ4n) is 16.1. The average molecular weight is 1600 g/mol. The van der Waals surface area contributed by atoms with E-state index in [0.717, 1.165) is 89.2 Å². The molecule has 21 rings (SSSR count). The SMILES string of the molecule is N#Cc1ccc(-n2c3ccc(-c4nc(-c5ccccc5)nc(-c5ccccc5)n4)cc3c3cc(-c4nc(-c5ccccc5)nc(-c5ccccc5)n4)ccc32)c(-c2cc(-c3ccc(C(F)(F)F)cc3C#N)ccc2-n2c3ccc(-c4nc(-c5ccccc5)nc(-c5ccccc5)n4)cc3c3cc(-c4nc(-c5ccccc5)nc(-c5ccccc5)n4)ccc32)c1. The minimum absolute atomic E-state index is 0.200. The predicted octanol–water partition coefficient (Wildman–Crippen LogP) is 24.7. The summed E-state index contributed by atoms with van der Waals surface area (Å²) in [7, 11) is 0. The van der Waals surface area contributed by atoms with Gasteiger partial charge in [0.15, 0.2) is 69.9 Å². The number of hydrogen-bond donors (Lipinski definition) is 0. The maximum absolute atomic E-state index is 14.8. The zero-order chi connectivity index (χ0) is 83.4. The van der Waals surface area contributed by atoms with E-state index in [1.165, 1.54) is 6.07 Å². The van der Waals surface area contributed by atoms with Gasteiger partial charge in [-0.1, -0.05) is 255 Å². The summed E-state index contributed by atoms with van der Waals surface area (Å²) in [5.74, 6) is 5.45. The van der Waals surface area contributed by atoms with Crippen LogP contribution in [0.3, 0.4) is 0 Å². The van der Waals surface area contributed by atoms with Crippen molar-refractivity contribution < 1.29 is 13.2 Å². The highest BCUT2D eigenvalue weighted by Crippen LogP contribution is 2.47. The van der Waals surface area contributed by atoms with Crippen molar-refractivity contribution in [3.05, 3.63) is 387 Å². The Balaban J connectivity index is 0.835. The van der Waals surface area contributed by atoms with Crippen molar-refractivity contribution >= 4 is 43.6 Å². The molecule has 15 aromatic carbocycles. The number of aromatic nitrogens is 14. The first-order chi connectivity index (χ1) is 60.9. The van der Waals surface area contributed by atoms with Crippen molar-refractivity contribution in [1.82, 2.24) is 68.9 Å². The Morgan fingerprint density at radius 1 is 0.210 bits per heavy atom. The highest BCUT2D eigenvalue weighted by atomic mass is 19.4. The summed E-state index contributed by atoms with van der Waals surface area (Å²) in [6, 6.07) is 122. The van der Waals surface area contributed by atoms with Crippen LogP contribution in [0.1, 0.15) is 16.7 Å². The van der Waals surface area contributed by atoms with E-state index in [1.54, 1.807) is 6.07 Å². The molecule has 0 fully saturated rings. The lowest BCUT2D eigenvalue weighted by Gasteiger charge is -2.20. The molecule has 0 aliphatic rings. The van der Waals surface area contributed by atoms with E-state index < -0.39 is 11.7 Å². The summed E-state index contributed by atoms with van der Waals surface area (Å²) in [5, 5.41) is 25.4. The molecule has 21 aromatic rings. The van der Waals surface area contributed by atoms with Gasteiger partial charge in [-0.05, 0) is 126 Å². The molecular formula is C105H61F3N16. The van der Waals surface area contributed by atoms with Gasteiger partial charge in [0.2, 0.25) is 0 Å². The average Bonchev–Trinajstić information content (AvgIpc) is 1.55. The third-order valence-corrected chi connectivity index (χ3v) is 22.0. The Morgan fingerprint density at radius 3 is 0.702 bits per heavy atom. The molecule has 0 saturated carbocycles. The van der Waals surface area contributed by atoms with Crippen molar-refractivity contribution in [2.45, 2.75) is 6.18 Å². The number of fused-ring (bicyclic) bond motifs is 6. The fourth-order valence-corrected chi connectivity index (χ4v) is 16.1. The lowest BCUT2D eigenvalue weighted by Crippen LogP contribution is -2.05. The van der Waals surface area contributed by atoms with Crippen molar-refractivity contribution in [3.8, 4) is 182 Å². The standard InChI is InChI=1S/C105H61F3N16/c106-105(107,108)79-47-48-80(78(56-79)63-110)73-42-50-88(124-91-53-45-76(103-119-97(69-33-17-5-18-34-69)113-98(120-103)70-35-19-6-20-36-70)60-85(91)86-61-77(46-54-92(86)124)104-121-99(71-37-21-7-22-38-71)114-100(122-104)72-39-23-8-24-40-72)82(57-73)81-55-64(62-109)41-49-87(81)123-89-51-43-74(101-115-93(65-25-9-1-10-26-65)111-94(116-101)66-27-11-2-12-28-66)58-83(89)84-59-75(44-52-90(84)123)102-117-95(67-29-13-3-14-30-67)112-96(118-102)68-31-15-4-16-32-68/h1-61H. The van der Waals surface area contributed by atoms with Crippen LogP contribution in [0.2, 0.25) is 0 Å². The number of alkyl halides is 3. The third-order valence-electron chi connectivity index (χ3n) is 22.0. The van der Waals surface area contributed by atoms with E-state index in [2.05, 4.69) is 45.5 Å². The Hall–Kier alpha value is -17.3. The van der Waals surface area contributed by atoms with Crippen LogP contribution in [0.15, 0.2) is 370 Å². The van der Waals surface area contributed by atoms with Gasteiger partial charge < -0.3 is 9.13 Å². The number of nitrogens with zero attached hydrogens (tertiary/aromatic N) is 16. The number of hydrogen-bond acceptors (Lipinski definition) is 14. The summed E-state index contributed by atoms with van der Waals surface area (Å²) in [6.07, 6.45) is -4.76. The molecule has 0 radical (unpaired) electrons. The minimum atomic E-state index is -4.76. The van der Waals surface area contributed by atoms with Crippen LogP contribution in [-0.4, -0.2) is 68.9 Å². The van der Waals surface area contributed by atoms with Crippen molar-refractivity contribution in [2.75, 3.05) is 0 Å². The first kappa shape index (κ1) is 74.3. The zero-order valence-corrected chi connectivity index (χ0v) is 65.5. The largest absolute Gasteiger partial charge is 0.416 e. The second-order valence-electron chi connectivity index (χ2n) is 29.7. The Morgan fingerprint density at radius 2 is 0.452 bits per heavy atom. The van der Waals surface area contributed by atoms with Crippen LogP contribution in [0.4, 0.5) is 13.2 Å². The summed E-state index contributed by atoms with van der Waals surface area (Å²) in [6.45, 7) is 0. The monoisotopic (exact) mass is 1600 g/mol. The molecule has 0 N–H and O–H groups in total. The summed E-state index contributed by atoms with van der Waals surface area (Å²) in [5.41, 5.74) is 14.0. The molecule has 0 spiro atoms. The van der Waals surface area contributed by atoms with Crippen LogP contribution in [0, 0.1) is 22.7 Å². The Bertz CT molecular complexity index is 7240. The molecule has 6 aromatic heterocycles. The van der Waals surface area contributed by atoms with Gasteiger partial charge in [-0.2, -0.15) is 23.7 Å². The van der Waals surface area contributed by atoms with Crippen LogP contribution in [-0.2, 0) is 6.18 Å². The molecular weight excluding hydrogens is 1540 g/mol. The fraction of sp³-hybridized carbons (Fsp3) is 0.00952. The smallest absolute Gasteiger partial charge is 0.309 e. The minimum Gasteiger partial charge on any atom is -0.309 e. The van der Waals surface area contributed by atoms with E-state index in [4.69, 9.17) is 59.8 Å². The van der Waals surface area contributed by atoms with Gasteiger partial charge in [0, 0.05) is 99.4 Å². The van der Waals surface area contributed by atoms with Crippen LogP contribution in [0.25, 0.3) is 214 Å². The first-order valence-corrected chi connectivity index (χ1v) is 39.9. The van der Waals surface area contributed by atoms with Gasteiger partial charge >= 0.3 is 6.18 Å². The quantitative estimate of drug-likeness (QED) is 0.0881. The molecule has 19 heteroatoms. The van der Waals surface area contributed by atoms with Gasteiger partial charge in [0.1, 0.15) is 0 Å². The van der Waals surface area contributed by atoms with Crippen molar-refractivity contribution in [2.24, 2.45) is 0 Å². The molecule has 16 nitrogen and oxygen atoms in total. The molecule has 124 heavy (non-hydrogen) atoms.